The lowest BCUT2D eigenvalue weighted by Crippen LogP contribution is -2.50. The number of ether oxygens (including phenoxy) is 2. The first-order chi connectivity index (χ1) is 14.8. The van der Waals surface area contributed by atoms with Crippen LogP contribution in [0.4, 0.5) is 23.1 Å². The second-order valence-corrected chi connectivity index (χ2v) is 8.47. The summed E-state index contributed by atoms with van der Waals surface area (Å²) in [6.45, 7) is 8.40. The molecule has 0 bridgehead atoms. The van der Waals surface area contributed by atoms with Crippen molar-refractivity contribution in [2.24, 2.45) is 0 Å². The molecule has 0 atom stereocenters. The summed E-state index contributed by atoms with van der Waals surface area (Å²) in [5.74, 6) is 1.97. The van der Waals surface area contributed by atoms with Gasteiger partial charge in [-0.2, -0.15) is 9.97 Å². The van der Waals surface area contributed by atoms with Crippen LogP contribution in [-0.4, -0.2) is 59.8 Å². The van der Waals surface area contributed by atoms with Gasteiger partial charge in [-0.1, -0.05) is 0 Å². The van der Waals surface area contributed by atoms with Gasteiger partial charge >= 0.3 is 0 Å². The lowest BCUT2D eigenvalue weighted by atomic mass is 10.0. The Morgan fingerprint density at radius 3 is 2.71 bits per heavy atom. The summed E-state index contributed by atoms with van der Waals surface area (Å²) in [6, 6.07) is 7.74. The van der Waals surface area contributed by atoms with E-state index in [0.717, 1.165) is 47.0 Å². The highest BCUT2D eigenvalue weighted by Crippen LogP contribution is 2.39. The molecule has 4 heterocycles. The Morgan fingerprint density at radius 2 is 1.94 bits per heavy atom. The van der Waals surface area contributed by atoms with Crippen molar-refractivity contribution in [1.82, 2.24) is 15.0 Å². The Bertz CT molecular complexity index is 1170. The highest BCUT2D eigenvalue weighted by atomic mass is 16.5. The minimum atomic E-state index is -0.913. The van der Waals surface area contributed by atoms with Crippen LogP contribution < -0.4 is 19.9 Å². The van der Waals surface area contributed by atoms with E-state index in [2.05, 4.69) is 15.2 Å². The third kappa shape index (κ3) is 3.44. The van der Waals surface area contributed by atoms with Gasteiger partial charge in [-0.25, -0.2) is 0 Å². The van der Waals surface area contributed by atoms with E-state index in [0.29, 0.717) is 24.9 Å². The summed E-state index contributed by atoms with van der Waals surface area (Å²) in [6.07, 6.45) is 0. The van der Waals surface area contributed by atoms with Crippen molar-refractivity contribution < 1.29 is 14.3 Å². The molecule has 0 spiro atoms. The smallest absolute Gasteiger partial charge is 0.270 e. The standard InChI is InChI=1S/C22H26N6O3/c1-13-11-15-18(23-13)25-21(28-7-9-30-10-8-28)26-19(15)24-14-5-6-16-17(12-14)31-22(2,3)20(29)27(16)4/h5-6,11-12H,7-10H2,1-4H3,(H2,23,24,25,26). The lowest BCUT2D eigenvalue weighted by Gasteiger charge is -2.37. The molecule has 31 heavy (non-hydrogen) atoms. The van der Waals surface area contributed by atoms with Crippen molar-refractivity contribution in [3.63, 3.8) is 0 Å². The highest BCUT2D eigenvalue weighted by molar-refractivity contribution is 6.02. The molecule has 2 aromatic heterocycles. The van der Waals surface area contributed by atoms with Crippen molar-refractivity contribution in [2.45, 2.75) is 26.4 Å². The molecule has 162 valence electrons. The van der Waals surface area contributed by atoms with Gasteiger partial charge in [0.2, 0.25) is 5.95 Å². The van der Waals surface area contributed by atoms with Crippen LogP contribution in [0.5, 0.6) is 5.75 Å². The molecule has 1 saturated heterocycles. The number of hydrogen-bond donors (Lipinski definition) is 2. The number of rotatable bonds is 3. The SMILES string of the molecule is Cc1cc2c(Nc3ccc4c(c3)OC(C)(C)C(=O)N4C)nc(N3CCOCC3)nc2[nH]1. The molecule has 2 aliphatic heterocycles. The molecule has 0 unspecified atom stereocenters. The zero-order valence-electron chi connectivity index (χ0n) is 18.2. The van der Waals surface area contributed by atoms with Crippen molar-refractivity contribution in [3.8, 4) is 5.75 Å². The first kappa shape index (κ1) is 19.6. The van der Waals surface area contributed by atoms with Crippen LogP contribution in [0.3, 0.4) is 0 Å². The van der Waals surface area contributed by atoms with E-state index in [1.807, 2.05) is 31.2 Å². The number of benzene rings is 1. The van der Waals surface area contributed by atoms with Crippen LogP contribution in [0.25, 0.3) is 11.0 Å². The van der Waals surface area contributed by atoms with E-state index >= 15 is 0 Å². The highest BCUT2D eigenvalue weighted by Gasteiger charge is 2.39. The third-order valence-corrected chi connectivity index (χ3v) is 5.67. The molecule has 3 aromatic rings. The summed E-state index contributed by atoms with van der Waals surface area (Å²) < 4.78 is 11.5. The van der Waals surface area contributed by atoms with Crippen LogP contribution in [-0.2, 0) is 9.53 Å². The van der Waals surface area contributed by atoms with Crippen LogP contribution in [0.2, 0.25) is 0 Å². The normalized spacial score (nSPS) is 18.1. The second kappa shape index (κ2) is 7.12. The van der Waals surface area contributed by atoms with Gasteiger partial charge in [0.05, 0.1) is 24.3 Å². The fourth-order valence-electron chi connectivity index (χ4n) is 4.05. The van der Waals surface area contributed by atoms with Gasteiger partial charge in [-0.15, -0.1) is 0 Å². The zero-order valence-corrected chi connectivity index (χ0v) is 18.2. The third-order valence-electron chi connectivity index (χ3n) is 5.67. The predicted octanol–water partition coefficient (Wildman–Crippen LogP) is 2.98. The number of H-pyrrole nitrogens is 1. The monoisotopic (exact) mass is 422 g/mol. The largest absolute Gasteiger partial charge is 0.476 e. The second-order valence-electron chi connectivity index (χ2n) is 8.47. The van der Waals surface area contributed by atoms with Crippen molar-refractivity contribution in [1.29, 1.82) is 0 Å². The minimum absolute atomic E-state index is 0.0730. The Balaban J connectivity index is 1.52. The number of carbonyl (C=O) groups excluding carboxylic acids is 1. The lowest BCUT2D eigenvalue weighted by molar-refractivity contribution is -0.132. The fraction of sp³-hybridized carbons (Fsp3) is 0.409. The fourth-order valence-corrected chi connectivity index (χ4v) is 4.05. The molecule has 5 rings (SSSR count). The molecule has 1 amide bonds. The van der Waals surface area contributed by atoms with Crippen LogP contribution >= 0.6 is 0 Å². The van der Waals surface area contributed by atoms with E-state index in [1.165, 1.54) is 0 Å². The Hall–Kier alpha value is -3.33. The maximum Gasteiger partial charge on any atom is 0.270 e. The van der Waals surface area contributed by atoms with Gasteiger partial charge in [0.1, 0.15) is 17.2 Å². The average Bonchev–Trinajstić information content (AvgIpc) is 3.13. The van der Waals surface area contributed by atoms with Gasteiger partial charge in [0.15, 0.2) is 5.60 Å². The molecule has 0 radical (unpaired) electrons. The minimum Gasteiger partial charge on any atom is -0.476 e. The Kier molecular flexibility index (Phi) is 4.51. The molecular weight excluding hydrogens is 396 g/mol. The topological polar surface area (TPSA) is 95.6 Å². The van der Waals surface area contributed by atoms with E-state index in [9.17, 15) is 4.79 Å². The molecule has 0 aliphatic carbocycles. The summed E-state index contributed by atoms with van der Waals surface area (Å²) in [5.41, 5.74) is 2.46. The Labute approximate surface area is 180 Å². The van der Waals surface area contributed by atoms with E-state index in [-0.39, 0.29) is 5.91 Å². The predicted molar refractivity (Wildman–Crippen MR) is 119 cm³/mol. The first-order valence-electron chi connectivity index (χ1n) is 10.4. The van der Waals surface area contributed by atoms with Crippen LogP contribution in [0, 0.1) is 6.92 Å². The quantitative estimate of drug-likeness (QED) is 0.670. The van der Waals surface area contributed by atoms with Gasteiger partial charge in [-0.05, 0) is 39.0 Å². The molecular formula is C22H26N6O3. The molecule has 9 heteroatoms. The molecule has 1 aromatic carbocycles. The number of nitrogens with one attached hydrogen (secondary N) is 2. The number of likely N-dealkylation sites (N-methyl/N-ethyl adjacent to an activating group) is 1. The number of fused-ring (bicyclic) bond motifs is 2. The van der Waals surface area contributed by atoms with Crippen LogP contribution in [0.1, 0.15) is 19.5 Å². The summed E-state index contributed by atoms with van der Waals surface area (Å²) in [7, 11) is 1.77. The molecule has 2 aliphatic rings. The number of aromatic nitrogens is 3. The van der Waals surface area contributed by atoms with Crippen molar-refractivity contribution in [2.75, 3.05) is 48.5 Å². The number of hydrogen-bond acceptors (Lipinski definition) is 7. The van der Waals surface area contributed by atoms with Gasteiger partial charge in [-0.3, -0.25) is 4.79 Å². The number of carbonyl (C=O) groups is 1. The van der Waals surface area contributed by atoms with Crippen molar-refractivity contribution in [3.05, 3.63) is 30.0 Å². The van der Waals surface area contributed by atoms with Gasteiger partial charge < -0.3 is 29.6 Å². The van der Waals surface area contributed by atoms with Crippen molar-refractivity contribution >= 4 is 40.1 Å². The van der Waals surface area contributed by atoms with E-state index in [4.69, 9.17) is 19.4 Å². The zero-order chi connectivity index (χ0) is 21.8. The number of aromatic amines is 1. The number of aryl methyl sites for hydroxylation is 1. The molecule has 9 nitrogen and oxygen atoms in total. The summed E-state index contributed by atoms with van der Waals surface area (Å²) in [5, 5.41) is 4.35. The average molecular weight is 422 g/mol. The number of morpholine rings is 1. The van der Waals surface area contributed by atoms with E-state index in [1.54, 1.807) is 25.8 Å². The maximum absolute atomic E-state index is 12.5. The summed E-state index contributed by atoms with van der Waals surface area (Å²) >= 11 is 0. The number of amides is 1. The first-order valence-corrected chi connectivity index (χ1v) is 10.4. The number of nitrogens with zero attached hydrogens (tertiary/aromatic N) is 4. The molecule has 2 N–H and O–H groups in total. The maximum atomic E-state index is 12.5. The molecule has 1 fully saturated rings. The van der Waals surface area contributed by atoms with Gasteiger partial charge in [0, 0.05) is 37.6 Å². The van der Waals surface area contributed by atoms with Crippen LogP contribution in [0.15, 0.2) is 24.3 Å². The molecule has 0 saturated carbocycles. The van der Waals surface area contributed by atoms with Gasteiger partial charge in [0.25, 0.3) is 5.91 Å². The Morgan fingerprint density at radius 1 is 1.16 bits per heavy atom. The van der Waals surface area contributed by atoms with E-state index < -0.39 is 5.60 Å². The summed E-state index contributed by atoms with van der Waals surface area (Å²) in [4.78, 5) is 29.1. The number of anilines is 4.